The monoisotopic (exact) mass is 401 g/mol. The van der Waals surface area contributed by atoms with Crippen molar-refractivity contribution in [2.45, 2.75) is 19.4 Å². The highest BCUT2D eigenvalue weighted by atomic mass is 16.5. The number of hydrogen-bond donors (Lipinski definition) is 2. The van der Waals surface area contributed by atoms with Crippen LogP contribution in [0.3, 0.4) is 0 Å². The summed E-state index contributed by atoms with van der Waals surface area (Å²) in [5, 5.41) is 15.7. The number of hydrogen-bond acceptors (Lipinski definition) is 5. The molecule has 3 rings (SSSR count). The van der Waals surface area contributed by atoms with E-state index in [1.807, 2.05) is 36.4 Å². The summed E-state index contributed by atoms with van der Waals surface area (Å²) in [5.74, 6) is -1.54. The van der Waals surface area contributed by atoms with E-state index in [-0.39, 0.29) is 12.0 Å². The quantitative estimate of drug-likeness (QED) is 0.610. The smallest absolute Gasteiger partial charge is 0.338 e. The molecule has 30 heavy (non-hydrogen) atoms. The van der Waals surface area contributed by atoms with E-state index in [0.717, 1.165) is 10.8 Å². The van der Waals surface area contributed by atoms with Crippen LogP contribution in [0.4, 0.5) is 11.4 Å². The van der Waals surface area contributed by atoms with Gasteiger partial charge in [0.05, 0.1) is 11.6 Å². The summed E-state index contributed by atoms with van der Waals surface area (Å²) >= 11 is 0. The number of nitrogens with zero attached hydrogens (tertiary/aromatic N) is 1. The predicted octanol–water partition coefficient (Wildman–Crippen LogP) is 3.88. The average molecular weight is 401 g/mol. The number of ether oxygens (including phenoxy) is 1. The fourth-order valence-electron chi connectivity index (χ4n) is 2.82. The van der Waals surface area contributed by atoms with Crippen LogP contribution in [0.5, 0.6) is 0 Å². The molecule has 2 amide bonds. The number of esters is 1. The summed E-state index contributed by atoms with van der Waals surface area (Å²) in [5.41, 5.74) is 1.32. The lowest BCUT2D eigenvalue weighted by Crippen LogP contribution is -2.30. The van der Waals surface area contributed by atoms with Crippen LogP contribution < -0.4 is 10.6 Å². The molecule has 0 spiro atoms. The molecule has 0 saturated carbocycles. The van der Waals surface area contributed by atoms with E-state index >= 15 is 0 Å². The van der Waals surface area contributed by atoms with Crippen molar-refractivity contribution >= 4 is 39.9 Å². The van der Waals surface area contributed by atoms with Crippen LogP contribution in [0, 0.1) is 11.3 Å². The molecule has 150 valence electrons. The number of benzene rings is 3. The van der Waals surface area contributed by atoms with Crippen LogP contribution in [-0.2, 0) is 14.3 Å². The zero-order chi connectivity index (χ0) is 21.5. The van der Waals surface area contributed by atoms with Gasteiger partial charge in [-0.3, -0.25) is 9.59 Å². The molecule has 3 aromatic rings. The van der Waals surface area contributed by atoms with Gasteiger partial charge in [-0.25, -0.2) is 4.79 Å². The van der Waals surface area contributed by atoms with Crippen molar-refractivity contribution in [3.8, 4) is 6.07 Å². The minimum absolute atomic E-state index is 0.234. The lowest BCUT2D eigenvalue weighted by Gasteiger charge is -2.15. The SMILES string of the molecule is C[C@H](OC(=O)c1ccc(NC(=O)CC#N)cc1)C(=O)Nc1cccc2ccccc12. The molecular weight excluding hydrogens is 382 g/mol. The number of carbonyl (C=O) groups excluding carboxylic acids is 3. The van der Waals surface area contributed by atoms with Crippen molar-refractivity contribution in [1.82, 2.24) is 0 Å². The van der Waals surface area contributed by atoms with E-state index in [2.05, 4.69) is 10.6 Å². The van der Waals surface area contributed by atoms with E-state index in [1.165, 1.54) is 31.2 Å². The molecule has 0 saturated heterocycles. The second-order valence-electron chi connectivity index (χ2n) is 6.52. The maximum atomic E-state index is 12.5. The molecule has 0 aliphatic carbocycles. The lowest BCUT2D eigenvalue weighted by molar-refractivity contribution is -0.123. The minimum atomic E-state index is -1.01. The van der Waals surface area contributed by atoms with Crippen molar-refractivity contribution in [1.29, 1.82) is 5.26 Å². The Balaban J connectivity index is 1.61. The molecule has 7 nitrogen and oxygen atoms in total. The number of fused-ring (bicyclic) bond motifs is 1. The van der Waals surface area contributed by atoms with Crippen molar-refractivity contribution in [3.63, 3.8) is 0 Å². The number of rotatable bonds is 6. The zero-order valence-electron chi connectivity index (χ0n) is 16.2. The molecule has 2 N–H and O–H groups in total. The van der Waals surface area contributed by atoms with Crippen molar-refractivity contribution in [2.75, 3.05) is 10.6 Å². The Morgan fingerprint density at radius 1 is 0.967 bits per heavy atom. The Morgan fingerprint density at radius 2 is 1.67 bits per heavy atom. The molecule has 0 fully saturated rings. The van der Waals surface area contributed by atoms with Gasteiger partial charge in [-0.2, -0.15) is 5.26 Å². The first-order valence-corrected chi connectivity index (χ1v) is 9.24. The van der Waals surface area contributed by atoms with Crippen molar-refractivity contribution in [2.24, 2.45) is 0 Å². The van der Waals surface area contributed by atoms with Gasteiger partial charge in [-0.15, -0.1) is 0 Å². The number of carbonyl (C=O) groups is 3. The second-order valence-corrected chi connectivity index (χ2v) is 6.52. The summed E-state index contributed by atoms with van der Waals surface area (Å²) < 4.78 is 5.26. The van der Waals surface area contributed by atoms with E-state index in [4.69, 9.17) is 10.00 Å². The summed E-state index contributed by atoms with van der Waals surface area (Å²) in [4.78, 5) is 36.2. The Labute approximate surface area is 173 Å². The molecule has 0 radical (unpaired) electrons. The van der Waals surface area contributed by atoms with Crippen LogP contribution in [0.2, 0.25) is 0 Å². The Bertz CT molecular complexity index is 1130. The number of amides is 2. The van der Waals surface area contributed by atoms with Gasteiger partial charge in [0.15, 0.2) is 6.10 Å². The van der Waals surface area contributed by atoms with Gasteiger partial charge < -0.3 is 15.4 Å². The summed E-state index contributed by atoms with van der Waals surface area (Å²) in [6.07, 6.45) is -1.26. The molecule has 0 unspecified atom stereocenters. The Kier molecular flexibility index (Phi) is 6.40. The Hall–Kier alpha value is -4.18. The van der Waals surface area contributed by atoms with Crippen LogP contribution >= 0.6 is 0 Å². The zero-order valence-corrected chi connectivity index (χ0v) is 16.2. The van der Waals surface area contributed by atoms with Gasteiger partial charge in [-0.1, -0.05) is 36.4 Å². The highest BCUT2D eigenvalue weighted by Crippen LogP contribution is 2.23. The minimum Gasteiger partial charge on any atom is -0.449 e. The van der Waals surface area contributed by atoms with E-state index < -0.39 is 23.9 Å². The van der Waals surface area contributed by atoms with E-state index in [1.54, 1.807) is 12.1 Å². The largest absolute Gasteiger partial charge is 0.449 e. The third kappa shape index (κ3) is 5.00. The van der Waals surface area contributed by atoms with Gasteiger partial charge in [-0.05, 0) is 42.6 Å². The molecule has 1 atom stereocenters. The lowest BCUT2D eigenvalue weighted by atomic mass is 10.1. The van der Waals surface area contributed by atoms with Crippen LogP contribution in [0.1, 0.15) is 23.7 Å². The predicted molar refractivity (Wildman–Crippen MR) is 113 cm³/mol. The first-order chi connectivity index (χ1) is 14.5. The van der Waals surface area contributed by atoms with Crippen molar-refractivity contribution < 1.29 is 19.1 Å². The molecule has 7 heteroatoms. The van der Waals surface area contributed by atoms with E-state index in [0.29, 0.717) is 11.4 Å². The average Bonchev–Trinajstić information content (AvgIpc) is 2.74. The summed E-state index contributed by atoms with van der Waals surface area (Å²) in [6, 6.07) is 21.0. The van der Waals surface area contributed by atoms with Gasteiger partial charge in [0.2, 0.25) is 5.91 Å². The standard InChI is InChI=1S/C23H19N3O4/c1-15(22(28)26-20-8-4-6-16-5-2-3-7-19(16)20)30-23(29)17-9-11-18(12-10-17)25-21(27)13-14-24/h2-12,15H,13H2,1H3,(H,25,27)(H,26,28)/t15-/m0/s1. The fourth-order valence-corrected chi connectivity index (χ4v) is 2.82. The van der Waals surface area contributed by atoms with Gasteiger partial charge in [0.25, 0.3) is 5.91 Å². The summed E-state index contributed by atoms with van der Waals surface area (Å²) in [7, 11) is 0. The molecule has 0 heterocycles. The molecular formula is C23H19N3O4. The maximum absolute atomic E-state index is 12.5. The molecule has 0 aromatic heterocycles. The normalized spacial score (nSPS) is 11.2. The first-order valence-electron chi connectivity index (χ1n) is 9.24. The fraction of sp³-hybridized carbons (Fsp3) is 0.130. The van der Waals surface area contributed by atoms with Gasteiger partial charge in [0.1, 0.15) is 6.42 Å². The summed E-state index contributed by atoms with van der Waals surface area (Å²) in [6.45, 7) is 1.49. The van der Waals surface area contributed by atoms with Crippen LogP contribution in [-0.4, -0.2) is 23.9 Å². The third-order valence-electron chi connectivity index (χ3n) is 4.34. The topological polar surface area (TPSA) is 108 Å². The second kappa shape index (κ2) is 9.34. The third-order valence-corrected chi connectivity index (χ3v) is 4.34. The molecule has 0 aliphatic heterocycles. The number of anilines is 2. The van der Waals surface area contributed by atoms with Crippen LogP contribution in [0.15, 0.2) is 66.7 Å². The Morgan fingerprint density at radius 3 is 2.40 bits per heavy atom. The van der Waals surface area contributed by atoms with Crippen molar-refractivity contribution in [3.05, 3.63) is 72.3 Å². The van der Waals surface area contributed by atoms with Gasteiger partial charge >= 0.3 is 5.97 Å². The maximum Gasteiger partial charge on any atom is 0.338 e. The first kappa shape index (κ1) is 20.6. The highest BCUT2D eigenvalue weighted by Gasteiger charge is 2.19. The molecule has 0 aliphatic rings. The molecule has 3 aromatic carbocycles. The van der Waals surface area contributed by atoms with Crippen LogP contribution in [0.25, 0.3) is 10.8 Å². The highest BCUT2D eigenvalue weighted by molar-refractivity contribution is 6.04. The molecule has 0 bridgehead atoms. The van der Waals surface area contributed by atoms with Gasteiger partial charge in [0, 0.05) is 16.8 Å². The number of nitriles is 1. The number of nitrogens with one attached hydrogen (secondary N) is 2. The van der Waals surface area contributed by atoms with E-state index in [9.17, 15) is 14.4 Å².